The second-order valence-electron chi connectivity index (χ2n) is 4.36. The van der Waals surface area contributed by atoms with E-state index in [2.05, 4.69) is 5.32 Å². The van der Waals surface area contributed by atoms with Gasteiger partial charge in [0.2, 0.25) is 0 Å². The number of benzene rings is 1. The summed E-state index contributed by atoms with van der Waals surface area (Å²) in [4.78, 5) is 11.4. The van der Waals surface area contributed by atoms with Crippen molar-refractivity contribution in [2.24, 2.45) is 0 Å². The maximum atomic E-state index is 11.0. The van der Waals surface area contributed by atoms with Crippen molar-refractivity contribution in [1.29, 1.82) is 0 Å². The Morgan fingerprint density at radius 2 is 1.95 bits per heavy atom. The number of carboxylic acid groups (broad SMARTS) is 1. The average molecular weight is 307 g/mol. The quantitative estimate of drug-likeness (QED) is 0.823. The number of carbonyl (C=O) groups is 1. The number of nitrogens with one attached hydrogen (secondary N) is 1. The van der Waals surface area contributed by atoms with E-state index in [1.165, 1.54) is 11.3 Å². The fourth-order valence-electron chi connectivity index (χ4n) is 1.99. The summed E-state index contributed by atoms with van der Waals surface area (Å²) in [5, 5.41) is 14.1. The molecule has 0 aliphatic rings. The molecule has 2 aromatic rings. The lowest BCUT2D eigenvalue weighted by Crippen LogP contribution is -2.14. The number of ether oxygens (including phenoxy) is 2. The van der Waals surface area contributed by atoms with Gasteiger partial charge in [-0.05, 0) is 23.1 Å². The molecule has 0 amide bonds. The Bertz CT molecular complexity index is 624. The van der Waals surface area contributed by atoms with E-state index >= 15 is 0 Å². The number of rotatable bonds is 7. The molecule has 112 valence electrons. The Labute approximate surface area is 127 Å². The Morgan fingerprint density at radius 3 is 2.62 bits per heavy atom. The number of aromatic carboxylic acids is 1. The molecule has 0 saturated heterocycles. The van der Waals surface area contributed by atoms with Crippen molar-refractivity contribution in [3.05, 3.63) is 45.6 Å². The van der Waals surface area contributed by atoms with Crippen molar-refractivity contribution in [2.75, 3.05) is 14.2 Å². The van der Waals surface area contributed by atoms with Crippen LogP contribution >= 0.6 is 11.3 Å². The summed E-state index contributed by atoms with van der Waals surface area (Å²) in [7, 11) is 3.22. The monoisotopic (exact) mass is 307 g/mol. The van der Waals surface area contributed by atoms with Crippen molar-refractivity contribution in [1.82, 2.24) is 5.32 Å². The van der Waals surface area contributed by atoms with E-state index in [1.807, 2.05) is 24.3 Å². The van der Waals surface area contributed by atoms with Gasteiger partial charge in [-0.1, -0.05) is 6.07 Å². The molecule has 5 nitrogen and oxygen atoms in total. The van der Waals surface area contributed by atoms with Crippen molar-refractivity contribution in [3.63, 3.8) is 0 Å². The van der Waals surface area contributed by atoms with Crippen LogP contribution in [0.25, 0.3) is 0 Å². The molecule has 6 heteroatoms. The summed E-state index contributed by atoms with van der Waals surface area (Å²) in [5.74, 6) is 0.594. The van der Waals surface area contributed by atoms with Crippen LogP contribution in [0.15, 0.2) is 29.6 Å². The zero-order valence-corrected chi connectivity index (χ0v) is 12.7. The fraction of sp³-hybridized carbons (Fsp3) is 0.267. The van der Waals surface area contributed by atoms with E-state index in [9.17, 15) is 4.79 Å². The molecule has 21 heavy (non-hydrogen) atoms. The van der Waals surface area contributed by atoms with Crippen molar-refractivity contribution < 1.29 is 19.4 Å². The first-order valence-electron chi connectivity index (χ1n) is 6.37. The van der Waals surface area contributed by atoms with Crippen LogP contribution in [-0.2, 0) is 13.1 Å². The minimum Gasteiger partial charge on any atom is -0.497 e. The first-order chi connectivity index (χ1) is 10.2. The smallest absolute Gasteiger partial charge is 0.346 e. The largest absolute Gasteiger partial charge is 0.497 e. The van der Waals surface area contributed by atoms with Crippen molar-refractivity contribution in [3.8, 4) is 11.5 Å². The molecule has 2 rings (SSSR count). The molecule has 0 aliphatic carbocycles. The van der Waals surface area contributed by atoms with E-state index in [4.69, 9.17) is 14.6 Å². The van der Waals surface area contributed by atoms with Gasteiger partial charge in [0.15, 0.2) is 0 Å². The first kappa shape index (κ1) is 15.3. The molecule has 0 unspecified atom stereocenters. The number of hydrogen-bond acceptors (Lipinski definition) is 5. The summed E-state index contributed by atoms with van der Waals surface area (Å²) in [6.07, 6.45) is 0. The minimum absolute atomic E-state index is 0.379. The number of thiophene rings is 1. The predicted molar refractivity (Wildman–Crippen MR) is 81.4 cm³/mol. The normalized spacial score (nSPS) is 10.4. The highest BCUT2D eigenvalue weighted by Gasteiger charge is 2.11. The molecule has 0 bridgehead atoms. The maximum Gasteiger partial charge on any atom is 0.346 e. The first-order valence-corrected chi connectivity index (χ1v) is 7.25. The third-order valence-corrected chi connectivity index (χ3v) is 4.01. The molecule has 0 radical (unpaired) electrons. The van der Waals surface area contributed by atoms with Gasteiger partial charge in [0.05, 0.1) is 14.2 Å². The average Bonchev–Trinajstić information content (AvgIpc) is 2.96. The van der Waals surface area contributed by atoms with Crippen LogP contribution in [0.3, 0.4) is 0 Å². The lowest BCUT2D eigenvalue weighted by atomic mass is 10.2. The van der Waals surface area contributed by atoms with Gasteiger partial charge in [-0.15, -0.1) is 11.3 Å². The van der Waals surface area contributed by atoms with Gasteiger partial charge in [0.1, 0.15) is 16.4 Å². The number of hydrogen-bond donors (Lipinski definition) is 2. The lowest BCUT2D eigenvalue weighted by Gasteiger charge is -2.11. The van der Waals surface area contributed by atoms with E-state index in [0.29, 0.717) is 18.0 Å². The summed E-state index contributed by atoms with van der Waals surface area (Å²) in [6, 6.07) is 7.44. The summed E-state index contributed by atoms with van der Waals surface area (Å²) >= 11 is 1.24. The Morgan fingerprint density at radius 1 is 1.19 bits per heavy atom. The van der Waals surface area contributed by atoms with Crippen LogP contribution in [0.4, 0.5) is 0 Å². The van der Waals surface area contributed by atoms with Crippen LogP contribution in [-0.4, -0.2) is 25.3 Å². The molecule has 2 N–H and O–H groups in total. The molecule has 1 aromatic heterocycles. The second kappa shape index (κ2) is 7.10. The van der Waals surface area contributed by atoms with Crippen molar-refractivity contribution >= 4 is 17.3 Å². The van der Waals surface area contributed by atoms with Gasteiger partial charge in [-0.2, -0.15) is 0 Å². The lowest BCUT2D eigenvalue weighted by molar-refractivity contribution is 0.0701. The van der Waals surface area contributed by atoms with Gasteiger partial charge >= 0.3 is 5.97 Å². The van der Waals surface area contributed by atoms with Crippen LogP contribution in [0, 0.1) is 0 Å². The topological polar surface area (TPSA) is 67.8 Å². The van der Waals surface area contributed by atoms with E-state index in [-0.39, 0.29) is 0 Å². The molecule has 0 aliphatic heterocycles. The molecule has 0 atom stereocenters. The summed E-state index contributed by atoms with van der Waals surface area (Å²) in [6.45, 7) is 1.09. The highest BCUT2D eigenvalue weighted by molar-refractivity contribution is 7.12. The minimum atomic E-state index is -0.885. The zero-order chi connectivity index (χ0) is 15.2. The second-order valence-corrected chi connectivity index (χ2v) is 5.28. The molecular formula is C15H17NO4S. The number of methoxy groups -OCH3 is 2. The summed E-state index contributed by atoms with van der Waals surface area (Å²) in [5.41, 5.74) is 1.78. The van der Waals surface area contributed by atoms with Crippen molar-refractivity contribution in [2.45, 2.75) is 13.1 Å². The van der Waals surface area contributed by atoms with E-state index in [1.54, 1.807) is 19.6 Å². The summed E-state index contributed by atoms with van der Waals surface area (Å²) < 4.78 is 10.5. The van der Waals surface area contributed by atoms with Gasteiger partial charge < -0.3 is 19.9 Å². The Kier molecular flexibility index (Phi) is 5.19. The third-order valence-electron chi connectivity index (χ3n) is 3.07. The molecular weight excluding hydrogens is 290 g/mol. The van der Waals surface area contributed by atoms with Crippen LogP contribution in [0.2, 0.25) is 0 Å². The Balaban J connectivity index is 2.00. The van der Waals surface area contributed by atoms with Crippen LogP contribution in [0.1, 0.15) is 20.8 Å². The SMILES string of the molecule is COc1ccc(CNCc2ccsc2C(=O)O)c(OC)c1. The van der Waals surface area contributed by atoms with Gasteiger partial charge in [0.25, 0.3) is 0 Å². The van der Waals surface area contributed by atoms with Gasteiger partial charge in [-0.3, -0.25) is 0 Å². The molecule has 0 fully saturated rings. The van der Waals surface area contributed by atoms with Gasteiger partial charge in [0, 0.05) is 24.7 Å². The highest BCUT2D eigenvalue weighted by Crippen LogP contribution is 2.24. The fourth-order valence-corrected chi connectivity index (χ4v) is 2.75. The number of carboxylic acids is 1. The van der Waals surface area contributed by atoms with E-state index < -0.39 is 5.97 Å². The molecule has 0 saturated carbocycles. The molecule has 1 heterocycles. The molecule has 0 spiro atoms. The van der Waals surface area contributed by atoms with Crippen LogP contribution in [0.5, 0.6) is 11.5 Å². The van der Waals surface area contributed by atoms with Crippen LogP contribution < -0.4 is 14.8 Å². The zero-order valence-electron chi connectivity index (χ0n) is 11.9. The maximum absolute atomic E-state index is 11.0. The Hall–Kier alpha value is -2.05. The van der Waals surface area contributed by atoms with E-state index in [0.717, 1.165) is 22.6 Å². The van der Waals surface area contributed by atoms with Gasteiger partial charge in [-0.25, -0.2) is 4.79 Å². The standard InChI is InChI=1S/C15H17NO4S/c1-19-12-4-3-10(13(7-12)20-2)8-16-9-11-5-6-21-14(11)15(17)18/h3-7,16H,8-9H2,1-2H3,(H,17,18). The highest BCUT2D eigenvalue weighted by atomic mass is 32.1. The molecule has 1 aromatic carbocycles. The predicted octanol–water partition coefficient (Wildman–Crippen LogP) is 2.75. The third kappa shape index (κ3) is 3.74.